The summed E-state index contributed by atoms with van der Waals surface area (Å²) in [5, 5.41) is 15.7. The van der Waals surface area contributed by atoms with Gasteiger partial charge in [0.05, 0.1) is 4.92 Å². The lowest BCUT2D eigenvalue weighted by Crippen LogP contribution is -2.43. The van der Waals surface area contributed by atoms with E-state index in [9.17, 15) is 10.1 Å². The Labute approximate surface area is 64.2 Å². The quantitative estimate of drug-likeness (QED) is 0.411. The van der Waals surface area contributed by atoms with Gasteiger partial charge >= 0.3 is 6.29 Å². The maximum atomic E-state index is 10.4. The average molecular weight is 158 g/mol. The van der Waals surface area contributed by atoms with Crippen LogP contribution in [-0.2, 0) is 0 Å². The van der Waals surface area contributed by atoms with Gasteiger partial charge in [0.1, 0.15) is 6.34 Å². The van der Waals surface area contributed by atoms with Crippen LogP contribution in [0.15, 0.2) is 5.10 Å². The minimum atomic E-state index is -0.819. The van der Waals surface area contributed by atoms with Gasteiger partial charge in [-0.2, -0.15) is 5.10 Å². The summed E-state index contributed by atoms with van der Waals surface area (Å²) in [7, 11) is 1.63. The van der Waals surface area contributed by atoms with Gasteiger partial charge in [0.15, 0.2) is 0 Å². The third kappa shape index (κ3) is 1.24. The van der Waals surface area contributed by atoms with Crippen molar-refractivity contribution in [2.45, 2.75) is 13.2 Å². The summed E-state index contributed by atoms with van der Waals surface area (Å²) < 4.78 is 0. The van der Waals surface area contributed by atoms with E-state index in [2.05, 4.69) is 5.10 Å². The molecule has 0 saturated carbocycles. The van der Waals surface area contributed by atoms with E-state index in [4.69, 9.17) is 0 Å². The second-order valence-electron chi connectivity index (χ2n) is 2.28. The van der Waals surface area contributed by atoms with Crippen molar-refractivity contribution in [2.75, 3.05) is 13.6 Å². The fourth-order valence-electron chi connectivity index (χ4n) is 0.980. The Hall–Kier alpha value is -1.33. The standard InChI is InChI=1S/C5H10N4O2/c1-3-8-5(9(10)11)7(2)4-6-8/h4-5H,3H2,1-2H3. The summed E-state index contributed by atoms with van der Waals surface area (Å²) in [6.07, 6.45) is 0.636. The molecule has 0 aromatic rings. The van der Waals surface area contributed by atoms with Crippen LogP contribution in [0, 0.1) is 10.1 Å². The SMILES string of the molecule is CCN1N=CN(C)C1[N+](=O)[O-]. The highest BCUT2D eigenvalue weighted by atomic mass is 16.6. The molecule has 0 aliphatic carbocycles. The third-order valence-corrected chi connectivity index (χ3v) is 1.53. The molecule has 0 radical (unpaired) electrons. The smallest absolute Gasteiger partial charge is 0.282 e. The van der Waals surface area contributed by atoms with Crippen LogP contribution in [0.5, 0.6) is 0 Å². The summed E-state index contributed by atoms with van der Waals surface area (Å²) in [4.78, 5) is 11.5. The van der Waals surface area contributed by atoms with Crippen molar-refractivity contribution in [3.63, 3.8) is 0 Å². The summed E-state index contributed by atoms with van der Waals surface area (Å²) in [6.45, 7) is 2.37. The van der Waals surface area contributed by atoms with E-state index >= 15 is 0 Å². The van der Waals surface area contributed by atoms with Crippen molar-refractivity contribution in [3.8, 4) is 0 Å². The summed E-state index contributed by atoms with van der Waals surface area (Å²) in [6, 6.07) is 0. The Balaban J connectivity index is 2.69. The molecule has 6 nitrogen and oxygen atoms in total. The first kappa shape index (κ1) is 7.77. The Morgan fingerprint density at radius 1 is 1.82 bits per heavy atom. The molecule has 1 unspecified atom stereocenters. The molecule has 6 heteroatoms. The molecule has 1 atom stereocenters. The van der Waals surface area contributed by atoms with Crippen molar-refractivity contribution in [3.05, 3.63) is 10.1 Å². The molecule has 1 aliphatic heterocycles. The van der Waals surface area contributed by atoms with Crippen LogP contribution in [0.2, 0.25) is 0 Å². The summed E-state index contributed by atoms with van der Waals surface area (Å²) in [5.74, 6) is 0. The predicted octanol–water partition coefficient (Wildman–Crippen LogP) is -0.243. The number of rotatable bonds is 2. The molecule has 1 heterocycles. The molecule has 0 aromatic carbocycles. The highest BCUT2D eigenvalue weighted by Crippen LogP contribution is 2.09. The van der Waals surface area contributed by atoms with Gasteiger partial charge < -0.3 is 0 Å². The van der Waals surface area contributed by atoms with E-state index in [1.54, 1.807) is 7.05 Å². The van der Waals surface area contributed by atoms with Crippen molar-refractivity contribution >= 4 is 6.34 Å². The van der Waals surface area contributed by atoms with Gasteiger partial charge in [-0.25, -0.2) is 5.01 Å². The second kappa shape index (κ2) is 2.73. The zero-order chi connectivity index (χ0) is 8.43. The van der Waals surface area contributed by atoms with Gasteiger partial charge in [-0.3, -0.25) is 15.0 Å². The van der Waals surface area contributed by atoms with Crippen LogP contribution in [0.25, 0.3) is 0 Å². The van der Waals surface area contributed by atoms with Crippen LogP contribution < -0.4 is 0 Å². The van der Waals surface area contributed by atoms with Crippen molar-refractivity contribution in [1.29, 1.82) is 0 Å². The normalized spacial score (nSPS) is 22.9. The van der Waals surface area contributed by atoms with Crippen LogP contribution in [-0.4, -0.2) is 41.1 Å². The molecule has 0 bridgehead atoms. The largest absolute Gasteiger partial charge is 0.383 e. The van der Waals surface area contributed by atoms with Crippen molar-refractivity contribution < 1.29 is 4.92 Å². The topological polar surface area (TPSA) is 62.0 Å². The van der Waals surface area contributed by atoms with Crippen LogP contribution >= 0.6 is 0 Å². The van der Waals surface area contributed by atoms with Gasteiger partial charge in [0.2, 0.25) is 0 Å². The van der Waals surface area contributed by atoms with E-state index in [0.29, 0.717) is 6.54 Å². The maximum absolute atomic E-state index is 10.4. The van der Waals surface area contributed by atoms with E-state index in [-0.39, 0.29) is 4.92 Å². The van der Waals surface area contributed by atoms with E-state index < -0.39 is 6.29 Å². The minimum Gasteiger partial charge on any atom is -0.282 e. The van der Waals surface area contributed by atoms with Crippen molar-refractivity contribution in [2.24, 2.45) is 5.10 Å². The number of hydrazone groups is 1. The number of hydrogen-bond donors (Lipinski definition) is 0. The molecule has 11 heavy (non-hydrogen) atoms. The molecule has 0 saturated heterocycles. The summed E-state index contributed by atoms with van der Waals surface area (Å²) >= 11 is 0. The minimum absolute atomic E-state index is 0.365. The molecular weight excluding hydrogens is 148 g/mol. The lowest BCUT2D eigenvalue weighted by Gasteiger charge is -2.18. The van der Waals surface area contributed by atoms with Gasteiger partial charge in [-0.15, -0.1) is 0 Å². The van der Waals surface area contributed by atoms with Gasteiger partial charge in [-0.1, -0.05) is 0 Å². The summed E-state index contributed by atoms with van der Waals surface area (Å²) in [5.41, 5.74) is 0. The molecule has 0 amide bonds. The maximum Gasteiger partial charge on any atom is 0.383 e. The molecule has 1 rings (SSSR count). The van der Waals surface area contributed by atoms with Crippen LogP contribution in [0.1, 0.15) is 6.92 Å². The van der Waals surface area contributed by atoms with E-state index in [1.807, 2.05) is 6.92 Å². The van der Waals surface area contributed by atoms with Crippen molar-refractivity contribution in [1.82, 2.24) is 9.91 Å². The first-order valence-corrected chi connectivity index (χ1v) is 3.33. The van der Waals surface area contributed by atoms with Gasteiger partial charge in [-0.05, 0) is 6.92 Å². The molecule has 0 spiro atoms. The average Bonchev–Trinajstić information content (AvgIpc) is 2.30. The Morgan fingerprint density at radius 3 is 2.82 bits per heavy atom. The molecule has 62 valence electrons. The van der Waals surface area contributed by atoms with Gasteiger partial charge in [0, 0.05) is 13.6 Å². The Morgan fingerprint density at radius 2 is 2.45 bits per heavy atom. The molecule has 1 aliphatic rings. The molecule has 0 fully saturated rings. The first-order chi connectivity index (χ1) is 5.16. The monoisotopic (exact) mass is 158 g/mol. The lowest BCUT2D eigenvalue weighted by atomic mass is 10.6. The predicted molar refractivity (Wildman–Crippen MR) is 39.4 cm³/mol. The number of nitrogens with zero attached hydrogens (tertiary/aromatic N) is 4. The fourth-order valence-corrected chi connectivity index (χ4v) is 0.980. The zero-order valence-corrected chi connectivity index (χ0v) is 6.47. The van der Waals surface area contributed by atoms with Gasteiger partial charge in [0.25, 0.3) is 0 Å². The highest BCUT2D eigenvalue weighted by Gasteiger charge is 2.33. The lowest BCUT2D eigenvalue weighted by molar-refractivity contribution is -0.569. The van der Waals surface area contributed by atoms with E-state index in [1.165, 1.54) is 16.2 Å². The fraction of sp³-hybridized carbons (Fsp3) is 0.800. The highest BCUT2D eigenvalue weighted by molar-refractivity contribution is 5.55. The number of hydrogen-bond acceptors (Lipinski definition) is 5. The first-order valence-electron chi connectivity index (χ1n) is 3.33. The zero-order valence-electron chi connectivity index (χ0n) is 6.47. The van der Waals surface area contributed by atoms with E-state index in [0.717, 1.165) is 0 Å². The molecular formula is C5H10N4O2. The number of nitro groups is 1. The Bertz CT molecular complexity index is 193. The Kier molecular flexibility index (Phi) is 1.93. The second-order valence-corrected chi connectivity index (χ2v) is 2.28. The van der Waals surface area contributed by atoms with Crippen LogP contribution in [0.4, 0.5) is 0 Å². The molecule has 0 N–H and O–H groups in total. The van der Waals surface area contributed by atoms with Crippen LogP contribution in [0.3, 0.4) is 0 Å². The third-order valence-electron chi connectivity index (χ3n) is 1.53. The molecule has 0 aromatic heterocycles.